The van der Waals surface area contributed by atoms with Crippen LogP contribution in [0.15, 0.2) is 84.9 Å². The molecule has 0 aliphatic rings. The van der Waals surface area contributed by atoms with Crippen LogP contribution in [-0.4, -0.2) is 24.3 Å². The number of urea groups is 1. The number of ketones is 1. The zero-order chi connectivity index (χ0) is 19.8. The van der Waals surface area contributed by atoms with E-state index in [1.165, 1.54) is 0 Å². The van der Waals surface area contributed by atoms with Crippen LogP contribution >= 0.6 is 0 Å². The van der Waals surface area contributed by atoms with Crippen molar-refractivity contribution in [3.8, 4) is 0 Å². The Labute approximate surface area is 162 Å². The van der Waals surface area contributed by atoms with Crippen LogP contribution in [0.5, 0.6) is 0 Å². The second-order valence-corrected chi connectivity index (χ2v) is 5.96. The number of carbonyl (C=O) groups excluding carboxylic acids is 3. The van der Waals surface area contributed by atoms with Crippen molar-refractivity contribution in [2.75, 3.05) is 17.2 Å². The maximum atomic E-state index is 12.7. The van der Waals surface area contributed by atoms with Gasteiger partial charge < -0.3 is 16.0 Å². The second-order valence-electron chi connectivity index (χ2n) is 5.96. The molecule has 0 aliphatic heterocycles. The zero-order valence-corrected chi connectivity index (χ0v) is 15.0. The molecule has 0 saturated heterocycles. The topological polar surface area (TPSA) is 87.3 Å². The van der Waals surface area contributed by atoms with Crippen molar-refractivity contribution in [3.63, 3.8) is 0 Å². The summed E-state index contributed by atoms with van der Waals surface area (Å²) in [6.45, 7) is -0.230. The Kier molecular flexibility index (Phi) is 6.15. The van der Waals surface area contributed by atoms with Crippen molar-refractivity contribution in [3.05, 3.63) is 96.1 Å². The van der Waals surface area contributed by atoms with Crippen molar-refractivity contribution in [2.45, 2.75) is 0 Å². The van der Waals surface area contributed by atoms with Gasteiger partial charge in [-0.15, -0.1) is 0 Å². The van der Waals surface area contributed by atoms with Gasteiger partial charge in [-0.1, -0.05) is 60.7 Å². The zero-order valence-electron chi connectivity index (χ0n) is 15.0. The molecule has 0 aromatic heterocycles. The number of anilines is 2. The molecular formula is C22H19N3O3. The quantitative estimate of drug-likeness (QED) is 0.576. The minimum atomic E-state index is -0.491. The first-order valence-electron chi connectivity index (χ1n) is 8.72. The third-order valence-corrected chi connectivity index (χ3v) is 3.92. The largest absolute Gasteiger partial charge is 0.329 e. The number of benzene rings is 3. The first kappa shape index (κ1) is 18.8. The van der Waals surface area contributed by atoms with E-state index in [0.29, 0.717) is 22.5 Å². The van der Waals surface area contributed by atoms with Crippen molar-refractivity contribution in [2.24, 2.45) is 0 Å². The van der Waals surface area contributed by atoms with Crippen LogP contribution in [-0.2, 0) is 4.79 Å². The number of rotatable bonds is 6. The second kappa shape index (κ2) is 9.14. The predicted octanol–water partition coefficient (Wildman–Crippen LogP) is 3.68. The predicted molar refractivity (Wildman–Crippen MR) is 108 cm³/mol. The fourth-order valence-electron chi connectivity index (χ4n) is 2.59. The summed E-state index contributed by atoms with van der Waals surface area (Å²) in [4.78, 5) is 36.8. The van der Waals surface area contributed by atoms with Crippen LogP contribution < -0.4 is 16.0 Å². The molecule has 3 N–H and O–H groups in total. The van der Waals surface area contributed by atoms with E-state index in [9.17, 15) is 14.4 Å². The van der Waals surface area contributed by atoms with Crippen LogP contribution in [0.1, 0.15) is 15.9 Å². The molecule has 0 bridgehead atoms. The summed E-state index contributed by atoms with van der Waals surface area (Å²) in [5, 5.41) is 7.79. The van der Waals surface area contributed by atoms with Crippen LogP contribution in [0, 0.1) is 0 Å². The molecule has 140 valence electrons. The number of carbonyl (C=O) groups is 3. The Balaban J connectivity index is 1.60. The average molecular weight is 373 g/mol. The van der Waals surface area contributed by atoms with E-state index < -0.39 is 11.9 Å². The molecule has 0 atom stereocenters. The third-order valence-electron chi connectivity index (χ3n) is 3.92. The molecule has 0 unspecified atom stereocenters. The third kappa shape index (κ3) is 5.04. The number of nitrogens with one attached hydrogen (secondary N) is 3. The van der Waals surface area contributed by atoms with Gasteiger partial charge in [0.05, 0.1) is 12.2 Å². The summed E-state index contributed by atoms with van der Waals surface area (Å²) in [6.07, 6.45) is 0. The molecule has 0 saturated carbocycles. The van der Waals surface area contributed by atoms with Crippen LogP contribution in [0.25, 0.3) is 0 Å². The Morgan fingerprint density at radius 3 is 2.00 bits per heavy atom. The number of hydrogen-bond acceptors (Lipinski definition) is 3. The van der Waals surface area contributed by atoms with Crippen LogP contribution in [0.3, 0.4) is 0 Å². The van der Waals surface area contributed by atoms with Crippen LogP contribution in [0.2, 0.25) is 0 Å². The smallest absolute Gasteiger partial charge is 0.319 e. The highest BCUT2D eigenvalue weighted by molar-refractivity contribution is 6.14. The summed E-state index contributed by atoms with van der Waals surface area (Å²) in [5.41, 5.74) is 1.94. The van der Waals surface area contributed by atoms with Gasteiger partial charge in [0.25, 0.3) is 0 Å². The number of hydrogen-bond donors (Lipinski definition) is 3. The molecule has 6 heteroatoms. The van der Waals surface area contributed by atoms with Crippen molar-refractivity contribution >= 4 is 29.1 Å². The van der Waals surface area contributed by atoms with E-state index in [-0.39, 0.29) is 12.3 Å². The van der Waals surface area contributed by atoms with Gasteiger partial charge in [0, 0.05) is 16.8 Å². The van der Waals surface area contributed by atoms with Gasteiger partial charge in [0.1, 0.15) is 0 Å². The fourth-order valence-corrected chi connectivity index (χ4v) is 2.59. The minimum absolute atomic E-state index is 0.189. The monoisotopic (exact) mass is 373 g/mol. The van der Waals surface area contributed by atoms with Gasteiger partial charge in [-0.25, -0.2) is 4.79 Å². The standard InChI is InChI=1S/C22H19N3O3/c26-20(15-23-22(28)24-17-11-5-2-6-12-17)25-19-14-8-7-13-18(19)21(27)16-9-3-1-4-10-16/h1-14H,15H2,(H,25,26)(H2,23,24,28). The van der Waals surface area contributed by atoms with E-state index in [2.05, 4.69) is 16.0 Å². The van der Waals surface area contributed by atoms with Crippen molar-refractivity contribution < 1.29 is 14.4 Å². The fraction of sp³-hybridized carbons (Fsp3) is 0.0455. The lowest BCUT2D eigenvalue weighted by Crippen LogP contribution is -2.36. The molecule has 0 heterocycles. The van der Waals surface area contributed by atoms with Crippen LogP contribution in [0.4, 0.5) is 16.2 Å². The molecule has 28 heavy (non-hydrogen) atoms. The lowest BCUT2D eigenvalue weighted by Gasteiger charge is -2.11. The average Bonchev–Trinajstić information content (AvgIpc) is 2.73. The Morgan fingerprint density at radius 2 is 1.29 bits per heavy atom. The molecule has 0 radical (unpaired) electrons. The molecule has 3 aromatic carbocycles. The summed E-state index contributed by atoms with van der Waals surface area (Å²) in [5.74, 6) is -0.622. The minimum Gasteiger partial charge on any atom is -0.329 e. The van der Waals surface area contributed by atoms with E-state index in [1.54, 1.807) is 72.8 Å². The van der Waals surface area contributed by atoms with Crippen molar-refractivity contribution in [1.29, 1.82) is 0 Å². The lowest BCUT2D eigenvalue weighted by atomic mass is 10.0. The van der Waals surface area contributed by atoms with Crippen molar-refractivity contribution in [1.82, 2.24) is 5.32 Å². The van der Waals surface area contributed by atoms with E-state index in [4.69, 9.17) is 0 Å². The SMILES string of the molecule is O=C(CNC(=O)Nc1ccccc1)Nc1ccccc1C(=O)c1ccccc1. The van der Waals surface area contributed by atoms with E-state index in [1.807, 2.05) is 12.1 Å². The molecule has 0 spiro atoms. The Bertz CT molecular complexity index is 973. The summed E-state index contributed by atoms with van der Waals surface area (Å²) >= 11 is 0. The number of para-hydroxylation sites is 2. The molecule has 0 fully saturated rings. The number of amides is 3. The molecule has 0 aliphatic carbocycles. The summed E-state index contributed by atoms with van der Waals surface area (Å²) in [6, 6.07) is 24.0. The van der Waals surface area contributed by atoms with E-state index >= 15 is 0 Å². The molecule has 3 rings (SSSR count). The van der Waals surface area contributed by atoms with Gasteiger partial charge in [-0.05, 0) is 24.3 Å². The van der Waals surface area contributed by atoms with Gasteiger partial charge in [0.15, 0.2) is 5.78 Å². The normalized spacial score (nSPS) is 10.0. The van der Waals surface area contributed by atoms with Gasteiger partial charge in [-0.3, -0.25) is 9.59 Å². The highest BCUT2D eigenvalue weighted by Crippen LogP contribution is 2.19. The van der Waals surface area contributed by atoms with Gasteiger partial charge >= 0.3 is 6.03 Å². The highest BCUT2D eigenvalue weighted by atomic mass is 16.2. The molecule has 3 amide bonds. The van der Waals surface area contributed by atoms with E-state index in [0.717, 1.165) is 0 Å². The maximum absolute atomic E-state index is 12.7. The lowest BCUT2D eigenvalue weighted by molar-refractivity contribution is -0.115. The highest BCUT2D eigenvalue weighted by Gasteiger charge is 2.15. The van der Waals surface area contributed by atoms with Gasteiger partial charge in [-0.2, -0.15) is 0 Å². The summed E-state index contributed by atoms with van der Waals surface area (Å²) in [7, 11) is 0. The Morgan fingerprint density at radius 1 is 0.679 bits per heavy atom. The molecule has 6 nitrogen and oxygen atoms in total. The molecular weight excluding hydrogens is 354 g/mol. The first-order chi connectivity index (χ1) is 13.6. The summed E-state index contributed by atoms with van der Waals surface area (Å²) < 4.78 is 0. The maximum Gasteiger partial charge on any atom is 0.319 e. The van der Waals surface area contributed by atoms with Gasteiger partial charge in [0.2, 0.25) is 5.91 Å². The molecule has 3 aromatic rings. The Hall–Kier alpha value is -3.93. The first-order valence-corrected chi connectivity index (χ1v) is 8.72.